The summed E-state index contributed by atoms with van der Waals surface area (Å²) in [6, 6.07) is 0.532. The Morgan fingerprint density at radius 2 is 1.88 bits per heavy atom. The van der Waals surface area contributed by atoms with Gasteiger partial charge in [0.1, 0.15) is 0 Å². The Labute approximate surface area is 108 Å². The van der Waals surface area contributed by atoms with E-state index in [1.54, 1.807) is 0 Å². The molecule has 0 aliphatic heterocycles. The summed E-state index contributed by atoms with van der Waals surface area (Å²) in [5.41, 5.74) is 6.70. The quantitative estimate of drug-likeness (QED) is 0.743. The molecular weight excluding hydrogens is 208 g/mol. The lowest BCUT2D eigenvalue weighted by atomic mass is 9.76. The van der Waals surface area contributed by atoms with Crippen molar-refractivity contribution in [2.24, 2.45) is 17.1 Å². The second kappa shape index (κ2) is 5.71. The molecule has 0 bridgehead atoms. The number of rotatable bonds is 3. The molecular formula is C15H32N2. The van der Waals surface area contributed by atoms with E-state index in [0.717, 1.165) is 12.5 Å². The van der Waals surface area contributed by atoms with Crippen molar-refractivity contribution in [3.8, 4) is 0 Å². The number of nitrogens with two attached hydrogens (primary N) is 1. The standard InChI is InChI=1S/C15H32N2/c1-12(2)17-15(11-16)9-6-7-13(8-10-15)14(3,4)5/h12-13,17H,6-11,16H2,1-5H3. The van der Waals surface area contributed by atoms with E-state index in [1.807, 2.05) is 0 Å². The molecule has 0 spiro atoms. The third-order valence-electron chi connectivity index (χ3n) is 4.39. The number of hydrogen-bond donors (Lipinski definition) is 2. The molecule has 2 heteroatoms. The van der Waals surface area contributed by atoms with Gasteiger partial charge in [0.15, 0.2) is 0 Å². The van der Waals surface area contributed by atoms with Crippen LogP contribution in [-0.4, -0.2) is 18.1 Å². The normalized spacial score (nSPS) is 31.6. The molecule has 2 unspecified atom stereocenters. The first-order chi connectivity index (χ1) is 7.79. The van der Waals surface area contributed by atoms with E-state index in [-0.39, 0.29) is 5.54 Å². The molecule has 1 fully saturated rings. The van der Waals surface area contributed by atoms with Gasteiger partial charge in [-0.3, -0.25) is 0 Å². The zero-order valence-corrected chi connectivity index (χ0v) is 12.5. The van der Waals surface area contributed by atoms with Gasteiger partial charge in [-0.2, -0.15) is 0 Å². The fraction of sp³-hybridized carbons (Fsp3) is 1.00. The van der Waals surface area contributed by atoms with Gasteiger partial charge < -0.3 is 11.1 Å². The van der Waals surface area contributed by atoms with Crippen LogP contribution in [0.4, 0.5) is 0 Å². The SMILES string of the molecule is CC(C)NC1(CN)CCCC(C(C)(C)C)CC1. The summed E-state index contributed by atoms with van der Waals surface area (Å²) in [5.74, 6) is 0.852. The minimum Gasteiger partial charge on any atom is -0.329 e. The summed E-state index contributed by atoms with van der Waals surface area (Å²) in [7, 11) is 0. The highest BCUT2D eigenvalue weighted by molar-refractivity contribution is 4.94. The van der Waals surface area contributed by atoms with E-state index in [4.69, 9.17) is 5.73 Å². The Balaban J connectivity index is 2.67. The Hall–Kier alpha value is -0.0800. The Morgan fingerprint density at radius 3 is 2.35 bits per heavy atom. The Kier molecular flexibility index (Phi) is 5.03. The maximum absolute atomic E-state index is 6.05. The van der Waals surface area contributed by atoms with Crippen molar-refractivity contribution >= 4 is 0 Å². The number of nitrogens with one attached hydrogen (secondary N) is 1. The molecule has 0 aromatic rings. The molecule has 102 valence electrons. The summed E-state index contributed by atoms with van der Waals surface area (Å²) in [6.07, 6.45) is 6.49. The second-order valence-corrected chi connectivity index (χ2v) is 7.28. The molecule has 2 atom stereocenters. The van der Waals surface area contributed by atoms with E-state index in [2.05, 4.69) is 39.9 Å². The summed E-state index contributed by atoms with van der Waals surface area (Å²) in [4.78, 5) is 0. The summed E-state index contributed by atoms with van der Waals surface area (Å²) in [6.45, 7) is 12.4. The minimum atomic E-state index is 0.203. The summed E-state index contributed by atoms with van der Waals surface area (Å²) < 4.78 is 0. The van der Waals surface area contributed by atoms with Crippen LogP contribution in [0.2, 0.25) is 0 Å². The average Bonchev–Trinajstić information content (AvgIpc) is 2.39. The maximum atomic E-state index is 6.05. The van der Waals surface area contributed by atoms with Crippen molar-refractivity contribution in [2.45, 2.75) is 78.3 Å². The highest BCUT2D eigenvalue weighted by Crippen LogP contribution is 2.39. The predicted molar refractivity (Wildman–Crippen MR) is 76.1 cm³/mol. The van der Waals surface area contributed by atoms with Gasteiger partial charge in [0.25, 0.3) is 0 Å². The molecule has 0 heterocycles. The maximum Gasteiger partial charge on any atom is 0.0306 e. The van der Waals surface area contributed by atoms with Gasteiger partial charge in [0.05, 0.1) is 0 Å². The molecule has 0 radical (unpaired) electrons. The van der Waals surface area contributed by atoms with Crippen molar-refractivity contribution < 1.29 is 0 Å². The molecule has 0 saturated heterocycles. The van der Waals surface area contributed by atoms with Gasteiger partial charge in [-0.15, -0.1) is 0 Å². The van der Waals surface area contributed by atoms with Crippen LogP contribution in [0.1, 0.15) is 66.7 Å². The molecule has 0 amide bonds. The third kappa shape index (κ3) is 4.26. The topological polar surface area (TPSA) is 38.0 Å². The lowest BCUT2D eigenvalue weighted by molar-refractivity contribution is 0.204. The van der Waals surface area contributed by atoms with E-state index in [1.165, 1.54) is 32.1 Å². The smallest absolute Gasteiger partial charge is 0.0306 e. The fourth-order valence-electron chi connectivity index (χ4n) is 3.29. The zero-order chi connectivity index (χ0) is 13.1. The molecule has 17 heavy (non-hydrogen) atoms. The van der Waals surface area contributed by atoms with E-state index >= 15 is 0 Å². The van der Waals surface area contributed by atoms with Gasteiger partial charge in [0.2, 0.25) is 0 Å². The molecule has 1 saturated carbocycles. The van der Waals surface area contributed by atoms with E-state index in [0.29, 0.717) is 11.5 Å². The lowest BCUT2D eigenvalue weighted by Crippen LogP contribution is -2.53. The van der Waals surface area contributed by atoms with Crippen LogP contribution in [0.3, 0.4) is 0 Å². The molecule has 1 rings (SSSR count). The van der Waals surface area contributed by atoms with Crippen LogP contribution in [0.15, 0.2) is 0 Å². The Morgan fingerprint density at radius 1 is 1.24 bits per heavy atom. The van der Waals surface area contributed by atoms with Crippen molar-refractivity contribution in [1.82, 2.24) is 5.32 Å². The van der Waals surface area contributed by atoms with Crippen LogP contribution in [-0.2, 0) is 0 Å². The first kappa shape index (κ1) is 15.0. The van der Waals surface area contributed by atoms with Gasteiger partial charge in [-0.1, -0.05) is 41.0 Å². The highest BCUT2D eigenvalue weighted by Gasteiger charge is 2.35. The fourth-order valence-corrected chi connectivity index (χ4v) is 3.29. The van der Waals surface area contributed by atoms with Gasteiger partial charge >= 0.3 is 0 Å². The van der Waals surface area contributed by atoms with Crippen LogP contribution in [0.5, 0.6) is 0 Å². The van der Waals surface area contributed by atoms with E-state index < -0.39 is 0 Å². The van der Waals surface area contributed by atoms with Gasteiger partial charge in [-0.25, -0.2) is 0 Å². The monoisotopic (exact) mass is 240 g/mol. The van der Waals surface area contributed by atoms with Crippen molar-refractivity contribution in [1.29, 1.82) is 0 Å². The van der Waals surface area contributed by atoms with E-state index in [9.17, 15) is 0 Å². The van der Waals surface area contributed by atoms with Crippen molar-refractivity contribution in [3.05, 3.63) is 0 Å². The second-order valence-electron chi connectivity index (χ2n) is 7.28. The zero-order valence-electron chi connectivity index (χ0n) is 12.5. The summed E-state index contributed by atoms with van der Waals surface area (Å²) >= 11 is 0. The van der Waals surface area contributed by atoms with Crippen LogP contribution in [0.25, 0.3) is 0 Å². The largest absolute Gasteiger partial charge is 0.329 e. The first-order valence-electron chi connectivity index (χ1n) is 7.27. The van der Waals surface area contributed by atoms with Crippen molar-refractivity contribution in [2.75, 3.05) is 6.54 Å². The molecule has 0 aromatic heterocycles. The van der Waals surface area contributed by atoms with Gasteiger partial charge in [-0.05, 0) is 37.0 Å². The molecule has 3 N–H and O–H groups in total. The average molecular weight is 240 g/mol. The lowest BCUT2D eigenvalue weighted by Gasteiger charge is -2.36. The molecule has 0 aromatic carbocycles. The van der Waals surface area contributed by atoms with Crippen LogP contribution in [0, 0.1) is 11.3 Å². The molecule has 1 aliphatic rings. The predicted octanol–water partition coefficient (Wildman–Crippen LogP) is 3.31. The van der Waals surface area contributed by atoms with Gasteiger partial charge in [0, 0.05) is 18.1 Å². The Bertz CT molecular complexity index is 230. The first-order valence-corrected chi connectivity index (χ1v) is 7.27. The van der Waals surface area contributed by atoms with Crippen molar-refractivity contribution in [3.63, 3.8) is 0 Å². The third-order valence-corrected chi connectivity index (χ3v) is 4.39. The minimum absolute atomic E-state index is 0.203. The summed E-state index contributed by atoms with van der Waals surface area (Å²) in [5, 5.41) is 3.73. The molecule has 2 nitrogen and oxygen atoms in total. The number of hydrogen-bond acceptors (Lipinski definition) is 2. The van der Waals surface area contributed by atoms with Crippen LogP contribution < -0.4 is 11.1 Å². The van der Waals surface area contributed by atoms with Crippen LogP contribution >= 0.6 is 0 Å². The molecule has 1 aliphatic carbocycles. The highest BCUT2D eigenvalue weighted by atomic mass is 15.0.